The van der Waals surface area contributed by atoms with Gasteiger partial charge in [-0.3, -0.25) is 4.79 Å². The molecule has 0 saturated heterocycles. The van der Waals surface area contributed by atoms with Gasteiger partial charge in [0, 0.05) is 18.7 Å². The predicted octanol–water partition coefficient (Wildman–Crippen LogP) is 4.43. The standard InChI is InChI=1S/C23H24N2O2/c1-2-27-23-21(14-9-16-25-23)22(26)24-17-15-20(18-10-5-3-6-11-18)19-12-7-4-8-13-19/h3-14,16,20H,2,15,17H2,1H3,(H,24,26). The summed E-state index contributed by atoms with van der Waals surface area (Å²) in [5.74, 6) is 0.444. The molecule has 3 aromatic rings. The number of hydrogen-bond acceptors (Lipinski definition) is 3. The van der Waals surface area contributed by atoms with Crippen LogP contribution in [0.15, 0.2) is 79.0 Å². The molecular weight excluding hydrogens is 336 g/mol. The summed E-state index contributed by atoms with van der Waals surface area (Å²) in [6, 6.07) is 24.2. The summed E-state index contributed by atoms with van der Waals surface area (Å²) < 4.78 is 5.45. The summed E-state index contributed by atoms with van der Waals surface area (Å²) in [7, 11) is 0. The van der Waals surface area contributed by atoms with Gasteiger partial charge >= 0.3 is 0 Å². The van der Waals surface area contributed by atoms with Gasteiger partial charge in [0.25, 0.3) is 5.91 Å². The van der Waals surface area contributed by atoms with Crippen LogP contribution >= 0.6 is 0 Å². The molecule has 1 amide bonds. The maximum absolute atomic E-state index is 12.6. The molecule has 0 unspecified atom stereocenters. The molecule has 1 aromatic heterocycles. The second-order valence-corrected chi connectivity index (χ2v) is 6.21. The molecule has 0 radical (unpaired) electrons. The number of rotatable bonds is 8. The third-order valence-electron chi connectivity index (χ3n) is 4.42. The van der Waals surface area contributed by atoms with Crippen LogP contribution < -0.4 is 10.1 Å². The minimum absolute atomic E-state index is 0.161. The Morgan fingerprint density at radius 3 is 2.19 bits per heavy atom. The molecule has 27 heavy (non-hydrogen) atoms. The Hall–Kier alpha value is -3.14. The highest BCUT2D eigenvalue weighted by Gasteiger charge is 2.16. The average Bonchev–Trinajstić information content (AvgIpc) is 2.73. The van der Waals surface area contributed by atoms with Crippen LogP contribution in [0.5, 0.6) is 5.88 Å². The summed E-state index contributed by atoms with van der Waals surface area (Å²) in [6.07, 6.45) is 2.44. The Bertz CT molecular complexity index is 811. The fraction of sp³-hybridized carbons (Fsp3) is 0.217. The lowest BCUT2D eigenvalue weighted by molar-refractivity contribution is 0.0948. The highest BCUT2D eigenvalue weighted by Crippen LogP contribution is 2.27. The van der Waals surface area contributed by atoms with Gasteiger partial charge in [0.2, 0.25) is 5.88 Å². The normalized spacial score (nSPS) is 10.6. The molecule has 0 fully saturated rings. The van der Waals surface area contributed by atoms with E-state index in [-0.39, 0.29) is 11.8 Å². The zero-order chi connectivity index (χ0) is 18.9. The van der Waals surface area contributed by atoms with Crippen molar-refractivity contribution in [2.75, 3.05) is 13.2 Å². The van der Waals surface area contributed by atoms with Gasteiger partial charge in [-0.25, -0.2) is 4.98 Å². The topological polar surface area (TPSA) is 51.2 Å². The van der Waals surface area contributed by atoms with Gasteiger partial charge < -0.3 is 10.1 Å². The van der Waals surface area contributed by atoms with E-state index in [4.69, 9.17) is 4.74 Å². The number of amides is 1. The monoisotopic (exact) mass is 360 g/mol. The molecule has 3 rings (SSSR count). The van der Waals surface area contributed by atoms with Crippen LogP contribution in [0.25, 0.3) is 0 Å². The molecule has 1 N–H and O–H groups in total. The lowest BCUT2D eigenvalue weighted by Crippen LogP contribution is -2.26. The summed E-state index contributed by atoms with van der Waals surface area (Å²) in [4.78, 5) is 16.7. The first-order valence-corrected chi connectivity index (χ1v) is 9.25. The number of carbonyl (C=O) groups excluding carboxylic acids is 1. The van der Waals surface area contributed by atoms with Crippen LogP contribution in [0.1, 0.15) is 40.7 Å². The fourth-order valence-electron chi connectivity index (χ4n) is 3.14. The van der Waals surface area contributed by atoms with Crippen molar-refractivity contribution in [3.05, 3.63) is 95.7 Å². The highest BCUT2D eigenvalue weighted by molar-refractivity contribution is 5.96. The van der Waals surface area contributed by atoms with Crippen molar-refractivity contribution in [1.82, 2.24) is 10.3 Å². The van der Waals surface area contributed by atoms with Gasteiger partial charge in [0.1, 0.15) is 5.56 Å². The van der Waals surface area contributed by atoms with Crippen LogP contribution in [0.3, 0.4) is 0 Å². The number of nitrogens with one attached hydrogen (secondary N) is 1. The first-order valence-electron chi connectivity index (χ1n) is 9.25. The number of aromatic nitrogens is 1. The lowest BCUT2D eigenvalue weighted by Gasteiger charge is -2.18. The number of pyridine rings is 1. The average molecular weight is 360 g/mol. The molecule has 0 atom stereocenters. The molecule has 0 aliphatic carbocycles. The molecule has 0 aliphatic heterocycles. The number of ether oxygens (including phenoxy) is 1. The third-order valence-corrected chi connectivity index (χ3v) is 4.42. The Morgan fingerprint density at radius 1 is 0.963 bits per heavy atom. The van der Waals surface area contributed by atoms with Crippen molar-refractivity contribution in [3.63, 3.8) is 0 Å². The van der Waals surface area contributed by atoms with Gasteiger partial charge in [0.05, 0.1) is 6.61 Å². The van der Waals surface area contributed by atoms with E-state index in [0.29, 0.717) is 24.6 Å². The van der Waals surface area contributed by atoms with Crippen molar-refractivity contribution in [2.24, 2.45) is 0 Å². The quantitative estimate of drug-likeness (QED) is 0.646. The largest absolute Gasteiger partial charge is 0.477 e. The molecule has 4 heteroatoms. The SMILES string of the molecule is CCOc1ncccc1C(=O)NCCC(c1ccccc1)c1ccccc1. The van der Waals surface area contributed by atoms with E-state index in [9.17, 15) is 4.79 Å². The zero-order valence-electron chi connectivity index (χ0n) is 15.5. The van der Waals surface area contributed by atoms with Crippen molar-refractivity contribution in [2.45, 2.75) is 19.3 Å². The summed E-state index contributed by atoms with van der Waals surface area (Å²) in [5.41, 5.74) is 2.96. The van der Waals surface area contributed by atoms with Crippen molar-refractivity contribution in [3.8, 4) is 5.88 Å². The second kappa shape index (κ2) is 9.53. The van der Waals surface area contributed by atoms with E-state index < -0.39 is 0 Å². The van der Waals surface area contributed by atoms with Gasteiger partial charge in [0.15, 0.2) is 0 Å². The Labute approximate surface area is 160 Å². The Balaban J connectivity index is 1.69. The summed E-state index contributed by atoms with van der Waals surface area (Å²) >= 11 is 0. The first-order chi connectivity index (χ1) is 13.3. The summed E-state index contributed by atoms with van der Waals surface area (Å²) in [6.45, 7) is 2.91. The number of nitrogens with zero attached hydrogens (tertiary/aromatic N) is 1. The van der Waals surface area contributed by atoms with Gasteiger partial charge in [-0.05, 0) is 36.6 Å². The fourth-order valence-corrected chi connectivity index (χ4v) is 3.14. The predicted molar refractivity (Wildman–Crippen MR) is 107 cm³/mol. The van der Waals surface area contributed by atoms with E-state index >= 15 is 0 Å². The van der Waals surface area contributed by atoms with E-state index in [0.717, 1.165) is 6.42 Å². The third kappa shape index (κ3) is 4.94. The molecule has 1 heterocycles. The molecule has 0 bridgehead atoms. The van der Waals surface area contributed by atoms with Crippen molar-refractivity contribution >= 4 is 5.91 Å². The van der Waals surface area contributed by atoms with Crippen molar-refractivity contribution < 1.29 is 9.53 Å². The molecule has 0 saturated carbocycles. The summed E-state index contributed by atoms with van der Waals surface area (Å²) in [5, 5.41) is 3.01. The van der Waals surface area contributed by atoms with E-state index in [1.54, 1.807) is 18.3 Å². The highest BCUT2D eigenvalue weighted by atomic mass is 16.5. The van der Waals surface area contributed by atoms with Gasteiger partial charge in [-0.1, -0.05) is 60.7 Å². The van der Waals surface area contributed by atoms with Crippen LogP contribution in [0, 0.1) is 0 Å². The second-order valence-electron chi connectivity index (χ2n) is 6.21. The zero-order valence-corrected chi connectivity index (χ0v) is 15.5. The lowest BCUT2D eigenvalue weighted by atomic mass is 9.88. The van der Waals surface area contributed by atoms with Crippen LogP contribution in [-0.2, 0) is 0 Å². The van der Waals surface area contributed by atoms with Crippen LogP contribution in [0.2, 0.25) is 0 Å². The molecular formula is C23H24N2O2. The van der Waals surface area contributed by atoms with E-state index in [1.165, 1.54) is 11.1 Å². The smallest absolute Gasteiger partial charge is 0.256 e. The van der Waals surface area contributed by atoms with Crippen LogP contribution in [0.4, 0.5) is 0 Å². The molecule has 4 nitrogen and oxygen atoms in total. The minimum atomic E-state index is -0.161. The Kier molecular flexibility index (Phi) is 6.58. The Morgan fingerprint density at radius 2 is 1.59 bits per heavy atom. The number of benzene rings is 2. The molecule has 0 aliphatic rings. The maximum Gasteiger partial charge on any atom is 0.256 e. The van der Waals surface area contributed by atoms with Gasteiger partial charge in [-0.15, -0.1) is 0 Å². The van der Waals surface area contributed by atoms with Crippen LogP contribution in [-0.4, -0.2) is 24.0 Å². The van der Waals surface area contributed by atoms with Crippen molar-refractivity contribution in [1.29, 1.82) is 0 Å². The van der Waals surface area contributed by atoms with E-state index in [1.807, 2.05) is 43.3 Å². The molecule has 0 spiro atoms. The number of hydrogen-bond donors (Lipinski definition) is 1. The molecule has 138 valence electrons. The number of carbonyl (C=O) groups is 1. The molecule has 2 aromatic carbocycles. The van der Waals surface area contributed by atoms with Gasteiger partial charge in [-0.2, -0.15) is 0 Å². The van der Waals surface area contributed by atoms with E-state index in [2.05, 4.69) is 34.6 Å². The first kappa shape index (κ1) is 18.6. The minimum Gasteiger partial charge on any atom is -0.477 e. The maximum atomic E-state index is 12.6.